The van der Waals surface area contributed by atoms with Crippen LogP contribution in [0.1, 0.15) is 68.3 Å². The van der Waals surface area contributed by atoms with Crippen LogP contribution in [0.3, 0.4) is 0 Å². The molecule has 0 heterocycles. The Morgan fingerprint density at radius 2 is 1.66 bits per heavy atom. The average molecular weight is 516 g/mol. The molecule has 0 atom stereocenters. The van der Waals surface area contributed by atoms with Gasteiger partial charge in [-0.25, -0.2) is 4.99 Å². The number of hydrogen-bond acceptors (Lipinski definition) is 3. The van der Waals surface area contributed by atoms with Crippen LogP contribution >= 0.6 is 24.0 Å². The number of carbonyl (C=O) groups excluding carboxylic acids is 1. The Hall–Kier alpha value is -1.35. The summed E-state index contributed by atoms with van der Waals surface area (Å²) in [5.74, 6) is 0.751. The molecule has 2 rings (SSSR count). The molecule has 1 aliphatic rings. The molecule has 0 aliphatic heterocycles. The van der Waals surface area contributed by atoms with Crippen LogP contribution < -0.4 is 16.0 Å². The Labute approximate surface area is 192 Å². The van der Waals surface area contributed by atoms with Gasteiger partial charge in [-0.1, -0.05) is 37.8 Å². The van der Waals surface area contributed by atoms with Crippen LogP contribution in [0.4, 0.5) is 0 Å². The minimum Gasteiger partial charge on any atom is -0.376 e. The molecule has 0 spiro atoms. The number of nitrogens with one attached hydrogen (secondary N) is 3. The third-order valence-electron chi connectivity index (χ3n) is 4.87. The number of benzene rings is 1. The molecule has 1 saturated carbocycles. The van der Waals surface area contributed by atoms with E-state index in [0.717, 1.165) is 24.6 Å². The molecule has 1 aromatic carbocycles. The molecular formula is C22H37IN4O2. The van der Waals surface area contributed by atoms with Crippen molar-refractivity contribution in [2.45, 2.75) is 65.0 Å². The summed E-state index contributed by atoms with van der Waals surface area (Å²) in [6.07, 6.45) is 8.09. The van der Waals surface area contributed by atoms with Gasteiger partial charge in [0.05, 0.1) is 19.3 Å². The van der Waals surface area contributed by atoms with Gasteiger partial charge in [-0.2, -0.15) is 0 Å². The predicted molar refractivity (Wildman–Crippen MR) is 130 cm³/mol. The minimum absolute atomic E-state index is 0. The van der Waals surface area contributed by atoms with Crippen molar-refractivity contribution in [1.29, 1.82) is 0 Å². The van der Waals surface area contributed by atoms with Crippen LogP contribution in [-0.2, 0) is 11.3 Å². The SMILES string of the molecule is CCNC(=O)c1ccc(CN=C(NCC)NCCOC2CCCCCC2)cc1.I. The Bertz CT molecular complexity index is 599. The van der Waals surface area contributed by atoms with E-state index < -0.39 is 0 Å². The Kier molecular flexibility index (Phi) is 13.7. The van der Waals surface area contributed by atoms with Gasteiger partial charge in [-0.15, -0.1) is 24.0 Å². The molecule has 3 N–H and O–H groups in total. The quantitative estimate of drug-likeness (QED) is 0.153. The van der Waals surface area contributed by atoms with Crippen molar-refractivity contribution < 1.29 is 9.53 Å². The molecule has 164 valence electrons. The molecular weight excluding hydrogens is 479 g/mol. The minimum atomic E-state index is -0.0405. The monoisotopic (exact) mass is 516 g/mol. The zero-order chi connectivity index (χ0) is 20.0. The summed E-state index contributed by atoms with van der Waals surface area (Å²) in [6.45, 7) is 7.43. The Morgan fingerprint density at radius 3 is 2.28 bits per heavy atom. The number of guanidine groups is 1. The number of nitrogens with zero attached hydrogens (tertiary/aromatic N) is 1. The molecule has 1 aromatic rings. The second kappa shape index (κ2) is 15.5. The highest BCUT2D eigenvalue weighted by atomic mass is 127. The maximum Gasteiger partial charge on any atom is 0.251 e. The largest absolute Gasteiger partial charge is 0.376 e. The van der Waals surface area contributed by atoms with Gasteiger partial charge < -0.3 is 20.7 Å². The van der Waals surface area contributed by atoms with Crippen LogP contribution in [0.2, 0.25) is 0 Å². The second-order valence-corrected chi connectivity index (χ2v) is 7.16. The molecule has 1 aliphatic carbocycles. The van der Waals surface area contributed by atoms with Crippen molar-refractivity contribution in [3.8, 4) is 0 Å². The summed E-state index contributed by atoms with van der Waals surface area (Å²) in [6, 6.07) is 7.59. The van der Waals surface area contributed by atoms with E-state index in [4.69, 9.17) is 4.74 Å². The van der Waals surface area contributed by atoms with E-state index in [0.29, 0.717) is 31.4 Å². The van der Waals surface area contributed by atoms with Gasteiger partial charge in [0.1, 0.15) is 0 Å². The van der Waals surface area contributed by atoms with Crippen LogP contribution in [0.15, 0.2) is 29.3 Å². The summed E-state index contributed by atoms with van der Waals surface area (Å²) in [7, 11) is 0. The molecule has 0 unspecified atom stereocenters. The van der Waals surface area contributed by atoms with E-state index in [1.165, 1.54) is 38.5 Å². The third-order valence-corrected chi connectivity index (χ3v) is 4.87. The van der Waals surface area contributed by atoms with Gasteiger partial charge in [-0.3, -0.25) is 4.79 Å². The fraction of sp³-hybridized carbons (Fsp3) is 0.636. The molecule has 6 nitrogen and oxygen atoms in total. The second-order valence-electron chi connectivity index (χ2n) is 7.16. The van der Waals surface area contributed by atoms with Crippen molar-refractivity contribution in [2.75, 3.05) is 26.2 Å². The summed E-state index contributed by atoms with van der Waals surface area (Å²) < 4.78 is 6.03. The highest BCUT2D eigenvalue weighted by molar-refractivity contribution is 14.0. The number of rotatable bonds is 9. The van der Waals surface area contributed by atoms with Crippen molar-refractivity contribution in [1.82, 2.24) is 16.0 Å². The molecule has 1 fully saturated rings. The molecule has 7 heteroatoms. The maximum atomic E-state index is 11.8. The first-order chi connectivity index (χ1) is 13.7. The fourth-order valence-corrected chi connectivity index (χ4v) is 3.34. The Balaban J connectivity index is 0.00000420. The summed E-state index contributed by atoms with van der Waals surface area (Å²) >= 11 is 0. The predicted octanol–water partition coefficient (Wildman–Crippen LogP) is 3.85. The summed E-state index contributed by atoms with van der Waals surface area (Å²) in [5, 5.41) is 9.41. The first-order valence-corrected chi connectivity index (χ1v) is 10.7. The van der Waals surface area contributed by atoms with Crippen LogP contribution in [0, 0.1) is 0 Å². The van der Waals surface area contributed by atoms with Gasteiger partial charge in [0.25, 0.3) is 5.91 Å². The lowest BCUT2D eigenvalue weighted by atomic mass is 10.1. The zero-order valence-corrected chi connectivity index (χ0v) is 20.2. The smallest absolute Gasteiger partial charge is 0.251 e. The molecule has 1 amide bonds. The van der Waals surface area contributed by atoms with E-state index in [9.17, 15) is 4.79 Å². The number of hydrogen-bond donors (Lipinski definition) is 3. The number of carbonyl (C=O) groups is 1. The van der Waals surface area contributed by atoms with Gasteiger partial charge in [0, 0.05) is 25.2 Å². The van der Waals surface area contributed by atoms with Gasteiger partial charge in [-0.05, 0) is 44.4 Å². The average Bonchev–Trinajstić information content (AvgIpc) is 2.98. The Morgan fingerprint density at radius 1 is 1.00 bits per heavy atom. The zero-order valence-electron chi connectivity index (χ0n) is 17.8. The highest BCUT2D eigenvalue weighted by Crippen LogP contribution is 2.19. The van der Waals surface area contributed by atoms with E-state index in [1.54, 1.807) is 0 Å². The van der Waals surface area contributed by atoms with Crippen molar-refractivity contribution in [3.05, 3.63) is 35.4 Å². The molecule has 29 heavy (non-hydrogen) atoms. The van der Waals surface area contributed by atoms with Crippen molar-refractivity contribution in [2.24, 2.45) is 4.99 Å². The topological polar surface area (TPSA) is 74.8 Å². The van der Waals surface area contributed by atoms with Crippen LogP contribution in [-0.4, -0.2) is 44.2 Å². The van der Waals surface area contributed by atoms with Crippen LogP contribution in [0.5, 0.6) is 0 Å². The fourth-order valence-electron chi connectivity index (χ4n) is 3.34. The highest BCUT2D eigenvalue weighted by Gasteiger charge is 2.12. The first-order valence-electron chi connectivity index (χ1n) is 10.7. The van der Waals surface area contributed by atoms with Crippen LogP contribution in [0.25, 0.3) is 0 Å². The number of aliphatic imine (C=N–C) groups is 1. The number of amides is 1. The summed E-state index contributed by atoms with van der Waals surface area (Å²) in [4.78, 5) is 16.4. The lowest BCUT2D eigenvalue weighted by Gasteiger charge is -2.16. The number of halogens is 1. The van der Waals surface area contributed by atoms with E-state index in [-0.39, 0.29) is 29.9 Å². The van der Waals surface area contributed by atoms with Crippen molar-refractivity contribution in [3.63, 3.8) is 0 Å². The molecule has 0 radical (unpaired) electrons. The lowest BCUT2D eigenvalue weighted by molar-refractivity contribution is 0.0468. The first kappa shape index (κ1) is 25.7. The standard InChI is InChI=1S/C22H36N4O2.HI/c1-3-23-21(27)19-13-11-18(12-14-19)17-26-22(24-4-2)25-15-16-28-20-9-7-5-6-8-10-20;/h11-14,20H,3-10,15-17H2,1-2H3,(H,23,27)(H2,24,25,26);1H. The maximum absolute atomic E-state index is 11.8. The van der Waals surface area contributed by atoms with E-state index in [1.807, 2.05) is 31.2 Å². The van der Waals surface area contributed by atoms with Gasteiger partial charge in [0.15, 0.2) is 5.96 Å². The van der Waals surface area contributed by atoms with E-state index >= 15 is 0 Å². The van der Waals surface area contributed by atoms with Gasteiger partial charge >= 0.3 is 0 Å². The molecule has 0 aromatic heterocycles. The lowest BCUT2D eigenvalue weighted by Crippen LogP contribution is -2.39. The third kappa shape index (κ3) is 10.3. The van der Waals surface area contributed by atoms with Gasteiger partial charge in [0.2, 0.25) is 0 Å². The normalized spacial score (nSPS) is 15.2. The molecule has 0 saturated heterocycles. The van der Waals surface area contributed by atoms with E-state index in [2.05, 4.69) is 27.9 Å². The number of ether oxygens (including phenoxy) is 1. The molecule has 0 bridgehead atoms. The van der Waals surface area contributed by atoms with Crippen molar-refractivity contribution >= 4 is 35.8 Å². The summed E-state index contributed by atoms with van der Waals surface area (Å²) in [5.41, 5.74) is 1.75.